The third-order valence-corrected chi connectivity index (χ3v) is 7.24. The number of sulfonamides is 1. The van der Waals surface area contributed by atoms with Crippen LogP contribution in [0.5, 0.6) is 0 Å². The van der Waals surface area contributed by atoms with Crippen molar-refractivity contribution in [2.75, 3.05) is 19.3 Å². The number of aryl methyl sites for hydroxylation is 1. The Labute approximate surface area is 186 Å². The highest BCUT2D eigenvalue weighted by Crippen LogP contribution is 2.21. The molecule has 0 aliphatic rings. The highest BCUT2D eigenvalue weighted by atomic mass is 35.5. The summed E-state index contributed by atoms with van der Waals surface area (Å²) in [5.74, 6) is -0.234. The molecule has 0 saturated heterocycles. The molecule has 2 N–H and O–H groups in total. The number of hydrogen-bond donors (Lipinski definition) is 2. The Morgan fingerprint density at radius 1 is 1.00 bits per heavy atom. The number of nitrogens with one attached hydrogen (secondary N) is 2. The van der Waals surface area contributed by atoms with Gasteiger partial charge in [0.2, 0.25) is 15.9 Å². The molecule has 2 aromatic carbocycles. The fraction of sp³-hybridized carbons (Fsp3) is 0.300. The van der Waals surface area contributed by atoms with Crippen molar-refractivity contribution in [2.45, 2.75) is 29.6 Å². The first kappa shape index (κ1) is 24.2. The van der Waals surface area contributed by atoms with Gasteiger partial charge in [0.1, 0.15) is 0 Å². The molecule has 0 spiro atoms. The molecule has 0 unspecified atom stereocenters. The minimum absolute atomic E-state index is 0.102. The van der Waals surface area contributed by atoms with Crippen molar-refractivity contribution in [1.29, 1.82) is 0 Å². The predicted octanol–water partition coefficient (Wildman–Crippen LogP) is 2.99. The van der Waals surface area contributed by atoms with E-state index in [9.17, 15) is 18.0 Å². The lowest BCUT2D eigenvalue weighted by molar-refractivity contribution is -0.128. The molecule has 0 bridgehead atoms. The molecular formula is C20H24ClN3O4S2. The van der Waals surface area contributed by atoms with Crippen LogP contribution < -0.4 is 10.9 Å². The molecule has 2 amide bonds. The van der Waals surface area contributed by atoms with Crippen LogP contribution in [0, 0.1) is 6.92 Å². The summed E-state index contributed by atoms with van der Waals surface area (Å²) in [6, 6.07) is 13.8. The van der Waals surface area contributed by atoms with Crippen LogP contribution in [0.15, 0.2) is 58.3 Å². The minimum Gasteiger partial charge on any atom is -0.273 e. The Balaban J connectivity index is 1.69. The predicted molar refractivity (Wildman–Crippen MR) is 119 cm³/mol. The van der Waals surface area contributed by atoms with E-state index in [2.05, 4.69) is 10.9 Å². The lowest BCUT2D eigenvalue weighted by atomic mass is 10.2. The van der Waals surface area contributed by atoms with E-state index in [-0.39, 0.29) is 17.2 Å². The summed E-state index contributed by atoms with van der Waals surface area (Å²) in [6.45, 7) is 1.44. The maximum atomic E-state index is 12.5. The normalized spacial score (nSPS) is 11.3. The van der Waals surface area contributed by atoms with Gasteiger partial charge in [-0.05, 0) is 55.5 Å². The molecule has 162 valence electrons. The third-order valence-electron chi connectivity index (χ3n) is 4.07. The highest BCUT2D eigenvalue weighted by Gasteiger charge is 2.22. The number of rotatable bonds is 9. The smallest absolute Gasteiger partial charge is 0.253 e. The average molecular weight is 470 g/mol. The summed E-state index contributed by atoms with van der Waals surface area (Å²) in [5, 5.41) is 0.673. The summed E-state index contributed by atoms with van der Waals surface area (Å²) >= 11 is 7.44. The number of amides is 2. The van der Waals surface area contributed by atoms with Crippen molar-refractivity contribution in [2.24, 2.45) is 0 Å². The van der Waals surface area contributed by atoms with Crippen LogP contribution in [-0.4, -0.2) is 43.9 Å². The Morgan fingerprint density at radius 3 is 2.23 bits per heavy atom. The third kappa shape index (κ3) is 7.64. The SMILES string of the molecule is Cc1ccc(S(=O)(=O)N(C)CC(=O)NNC(=O)CCCSc2ccc(Cl)cc2)cc1. The summed E-state index contributed by atoms with van der Waals surface area (Å²) in [5.41, 5.74) is 5.48. The Kier molecular flexibility index (Phi) is 9.16. The van der Waals surface area contributed by atoms with E-state index in [1.807, 2.05) is 31.2 Å². The summed E-state index contributed by atoms with van der Waals surface area (Å²) < 4.78 is 25.9. The summed E-state index contributed by atoms with van der Waals surface area (Å²) in [4.78, 5) is 25.0. The van der Waals surface area contributed by atoms with Crippen LogP contribution in [0.2, 0.25) is 5.02 Å². The van der Waals surface area contributed by atoms with E-state index >= 15 is 0 Å². The van der Waals surface area contributed by atoms with Gasteiger partial charge in [0.15, 0.2) is 0 Å². The highest BCUT2D eigenvalue weighted by molar-refractivity contribution is 7.99. The zero-order valence-electron chi connectivity index (χ0n) is 16.7. The topological polar surface area (TPSA) is 95.6 Å². The first-order valence-electron chi connectivity index (χ1n) is 9.17. The molecule has 0 atom stereocenters. The number of hydrogen-bond acceptors (Lipinski definition) is 5. The van der Waals surface area contributed by atoms with Gasteiger partial charge in [-0.25, -0.2) is 8.42 Å². The van der Waals surface area contributed by atoms with Crippen LogP contribution in [0.3, 0.4) is 0 Å². The number of carbonyl (C=O) groups excluding carboxylic acids is 2. The fourth-order valence-electron chi connectivity index (χ4n) is 2.37. The van der Waals surface area contributed by atoms with Crippen LogP contribution in [-0.2, 0) is 19.6 Å². The largest absolute Gasteiger partial charge is 0.273 e. The van der Waals surface area contributed by atoms with Crippen molar-refractivity contribution < 1.29 is 18.0 Å². The van der Waals surface area contributed by atoms with Crippen LogP contribution in [0.4, 0.5) is 0 Å². The number of thioether (sulfide) groups is 1. The molecule has 0 aliphatic carbocycles. The molecular weight excluding hydrogens is 446 g/mol. The molecule has 7 nitrogen and oxygen atoms in total. The van der Waals surface area contributed by atoms with Gasteiger partial charge < -0.3 is 0 Å². The minimum atomic E-state index is -3.79. The molecule has 0 aliphatic heterocycles. The quantitative estimate of drug-likeness (QED) is 0.334. The van der Waals surface area contributed by atoms with Gasteiger partial charge in [-0.15, -0.1) is 11.8 Å². The number of nitrogens with zero attached hydrogens (tertiary/aromatic N) is 1. The zero-order chi connectivity index (χ0) is 22.1. The maximum absolute atomic E-state index is 12.5. The Morgan fingerprint density at radius 2 is 1.60 bits per heavy atom. The number of halogens is 1. The maximum Gasteiger partial charge on any atom is 0.253 e. The van der Waals surface area contributed by atoms with E-state index in [0.29, 0.717) is 11.4 Å². The molecule has 0 aromatic heterocycles. The second-order valence-electron chi connectivity index (χ2n) is 6.58. The van der Waals surface area contributed by atoms with E-state index in [4.69, 9.17) is 11.6 Å². The number of carbonyl (C=O) groups is 2. The van der Waals surface area contributed by atoms with Crippen molar-refractivity contribution in [3.63, 3.8) is 0 Å². The number of benzene rings is 2. The van der Waals surface area contributed by atoms with E-state index in [1.165, 1.54) is 19.2 Å². The fourth-order valence-corrected chi connectivity index (χ4v) is 4.48. The number of hydrazine groups is 1. The zero-order valence-corrected chi connectivity index (χ0v) is 19.1. The van der Waals surface area contributed by atoms with Gasteiger partial charge in [0.05, 0.1) is 11.4 Å². The van der Waals surface area contributed by atoms with Gasteiger partial charge in [0, 0.05) is 23.4 Å². The van der Waals surface area contributed by atoms with Crippen molar-refractivity contribution in [1.82, 2.24) is 15.2 Å². The van der Waals surface area contributed by atoms with Gasteiger partial charge in [-0.3, -0.25) is 20.4 Å². The second-order valence-corrected chi connectivity index (χ2v) is 10.2. The van der Waals surface area contributed by atoms with Gasteiger partial charge in [-0.2, -0.15) is 4.31 Å². The Hall–Kier alpha value is -2.07. The van der Waals surface area contributed by atoms with Crippen LogP contribution in [0.25, 0.3) is 0 Å². The molecule has 2 aromatic rings. The van der Waals surface area contributed by atoms with Crippen molar-refractivity contribution in [3.05, 3.63) is 59.1 Å². The summed E-state index contributed by atoms with van der Waals surface area (Å²) in [6.07, 6.45) is 0.856. The monoisotopic (exact) mass is 469 g/mol. The molecule has 0 saturated carbocycles. The molecule has 0 heterocycles. The van der Waals surface area contributed by atoms with Gasteiger partial charge in [-0.1, -0.05) is 29.3 Å². The molecule has 0 fully saturated rings. The van der Waals surface area contributed by atoms with E-state index < -0.39 is 22.5 Å². The average Bonchev–Trinajstić information content (AvgIpc) is 2.71. The van der Waals surface area contributed by atoms with E-state index in [1.54, 1.807) is 23.9 Å². The standard InChI is InChI=1S/C20H24ClN3O4S2/c1-15-5-11-18(12-6-15)30(27,28)24(2)14-20(26)23-22-19(25)4-3-13-29-17-9-7-16(21)8-10-17/h5-12H,3-4,13-14H2,1-2H3,(H,22,25)(H,23,26). The van der Waals surface area contributed by atoms with Crippen molar-refractivity contribution in [3.8, 4) is 0 Å². The second kappa shape index (κ2) is 11.4. The molecule has 2 rings (SSSR count). The van der Waals surface area contributed by atoms with E-state index in [0.717, 1.165) is 20.5 Å². The first-order chi connectivity index (χ1) is 14.2. The summed E-state index contributed by atoms with van der Waals surface area (Å²) in [7, 11) is -2.48. The lowest BCUT2D eigenvalue weighted by Gasteiger charge is -2.17. The van der Waals surface area contributed by atoms with Gasteiger partial charge >= 0.3 is 0 Å². The first-order valence-corrected chi connectivity index (χ1v) is 12.0. The van der Waals surface area contributed by atoms with Crippen LogP contribution >= 0.6 is 23.4 Å². The molecule has 0 radical (unpaired) electrons. The van der Waals surface area contributed by atoms with Gasteiger partial charge in [0.25, 0.3) is 5.91 Å². The number of likely N-dealkylation sites (N-methyl/N-ethyl adjacent to an activating group) is 1. The lowest BCUT2D eigenvalue weighted by Crippen LogP contribution is -2.46. The molecule has 30 heavy (non-hydrogen) atoms. The van der Waals surface area contributed by atoms with Crippen molar-refractivity contribution >= 4 is 45.2 Å². The molecule has 10 heteroatoms. The Bertz CT molecular complexity index is 965. The van der Waals surface area contributed by atoms with Crippen LogP contribution in [0.1, 0.15) is 18.4 Å².